The van der Waals surface area contributed by atoms with Crippen LogP contribution in [0.4, 0.5) is 5.69 Å². The van der Waals surface area contributed by atoms with Crippen LogP contribution in [0.25, 0.3) is 0 Å². The number of amides is 1. The summed E-state index contributed by atoms with van der Waals surface area (Å²) in [7, 11) is 0. The molecule has 0 spiro atoms. The SMILES string of the molecule is CC(C(=O)Nc1ccccc1Br)C(N)c1ccccc1. The molecule has 1 amide bonds. The van der Waals surface area contributed by atoms with Crippen molar-refractivity contribution in [2.45, 2.75) is 13.0 Å². The Labute approximate surface area is 127 Å². The molecule has 0 aliphatic carbocycles. The van der Waals surface area contributed by atoms with Crippen molar-refractivity contribution in [3.05, 3.63) is 64.6 Å². The average Bonchev–Trinajstić information content (AvgIpc) is 2.49. The topological polar surface area (TPSA) is 55.1 Å². The van der Waals surface area contributed by atoms with E-state index in [1.807, 2.05) is 61.5 Å². The van der Waals surface area contributed by atoms with Crippen molar-refractivity contribution < 1.29 is 4.79 Å². The minimum atomic E-state index is -0.321. The highest BCUT2D eigenvalue weighted by atomic mass is 79.9. The summed E-state index contributed by atoms with van der Waals surface area (Å²) in [5.41, 5.74) is 7.87. The fraction of sp³-hybridized carbons (Fsp3) is 0.188. The number of rotatable bonds is 4. The third-order valence-electron chi connectivity index (χ3n) is 3.27. The summed E-state index contributed by atoms with van der Waals surface area (Å²) < 4.78 is 0.855. The van der Waals surface area contributed by atoms with Crippen LogP contribution >= 0.6 is 15.9 Å². The first kappa shape index (κ1) is 14.8. The minimum absolute atomic E-state index is 0.0896. The number of hydrogen-bond acceptors (Lipinski definition) is 2. The molecule has 0 aliphatic rings. The Hall–Kier alpha value is -1.65. The minimum Gasteiger partial charge on any atom is -0.325 e. The number of carbonyl (C=O) groups is 1. The van der Waals surface area contributed by atoms with Gasteiger partial charge < -0.3 is 11.1 Å². The number of carbonyl (C=O) groups excluding carboxylic acids is 1. The van der Waals surface area contributed by atoms with E-state index < -0.39 is 0 Å². The van der Waals surface area contributed by atoms with Crippen LogP contribution in [0, 0.1) is 5.92 Å². The summed E-state index contributed by atoms with van der Waals surface area (Å²) in [6, 6.07) is 16.9. The predicted molar refractivity (Wildman–Crippen MR) is 85.3 cm³/mol. The van der Waals surface area contributed by atoms with E-state index in [2.05, 4.69) is 21.2 Å². The zero-order valence-corrected chi connectivity index (χ0v) is 12.8. The Balaban J connectivity index is 2.08. The van der Waals surface area contributed by atoms with Crippen molar-refractivity contribution in [2.24, 2.45) is 11.7 Å². The molecule has 0 saturated heterocycles. The zero-order chi connectivity index (χ0) is 14.5. The van der Waals surface area contributed by atoms with Crippen LogP contribution in [0.3, 0.4) is 0 Å². The first-order valence-corrected chi connectivity index (χ1v) is 7.25. The van der Waals surface area contributed by atoms with Gasteiger partial charge >= 0.3 is 0 Å². The Kier molecular flexibility index (Phi) is 4.93. The fourth-order valence-corrected chi connectivity index (χ4v) is 2.32. The maximum absolute atomic E-state index is 12.3. The van der Waals surface area contributed by atoms with Gasteiger partial charge in [-0.15, -0.1) is 0 Å². The predicted octanol–water partition coefficient (Wildman–Crippen LogP) is 3.72. The lowest BCUT2D eigenvalue weighted by Crippen LogP contribution is -2.30. The van der Waals surface area contributed by atoms with E-state index in [1.165, 1.54) is 0 Å². The number of halogens is 1. The lowest BCUT2D eigenvalue weighted by molar-refractivity contribution is -0.120. The second-order valence-corrected chi connectivity index (χ2v) is 5.55. The van der Waals surface area contributed by atoms with Gasteiger partial charge in [-0.1, -0.05) is 49.4 Å². The zero-order valence-electron chi connectivity index (χ0n) is 11.2. The van der Waals surface area contributed by atoms with Crippen LogP contribution in [-0.2, 0) is 4.79 Å². The summed E-state index contributed by atoms with van der Waals surface area (Å²) in [5.74, 6) is -0.405. The van der Waals surface area contributed by atoms with E-state index in [-0.39, 0.29) is 17.9 Å². The molecule has 0 saturated carbocycles. The van der Waals surface area contributed by atoms with Crippen LogP contribution in [0.1, 0.15) is 18.5 Å². The first-order valence-electron chi connectivity index (χ1n) is 6.45. The van der Waals surface area contributed by atoms with Gasteiger partial charge in [0.25, 0.3) is 0 Å². The molecule has 0 aromatic heterocycles. The van der Waals surface area contributed by atoms with E-state index in [9.17, 15) is 4.79 Å². The van der Waals surface area contributed by atoms with Gasteiger partial charge in [-0.2, -0.15) is 0 Å². The second kappa shape index (κ2) is 6.68. The molecule has 0 heterocycles. The van der Waals surface area contributed by atoms with Crippen molar-refractivity contribution in [2.75, 3.05) is 5.32 Å². The molecule has 4 heteroatoms. The molecule has 3 N–H and O–H groups in total. The summed E-state index contributed by atoms with van der Waals surface area (Å²) in [6.45, 7) is 1.84. The first-order chi connectivity index (χ1) is 9.59. The van der Waals surface area contributed by atoms with E-state index in [4.69, 9.17) is 5.73 Å². The molecule has 2 aromatic carbocycles. The Morgan fingerprint density at radius 2 is 1.70 bits per heavy atom. The normalized spacial score (nSPS) is 13.6. The average molecular weight is 333 g/mol. The van der Waals surface area contributed by atoms with Crippen LogP contribution in [-0.4, -0.2) is 5.91 Å². The number of nitrogens with one attached hydrogen (secondary N) is 1. The number of benzene rings is 2. The molecule has 0 bridgehead atoms. The highest BCUT2D eigenvalue weighted by Gasteiger charge is 2.22. The quantitative estimate of drug-likeness (QED) is 0.896. The van der Waals surface area contributed by atoms with Gasteiger partial charge in [0.1, 0.15) is 0 Å². The fourth-order valence-electron chi connectivity index (χ4n) is 1.94. The maximum Gasteiger partial charge on any atom is 0.229 e. The molecule has 0 fully saturated rings. The number of hydrogen-bond donors (Lipinski definition) is 2. The van der Waals surface area contributed by atoms with E-state index in [1.54, 1.807) is 0 Å². The summed E-state index contributed by atoms with van der Waals surface area (Å²) >= 11 is 3.41. The third-order valence-corrected chi connectivity index (χ3v) is 3.96. The van der Waals surface area contributed by atoms with Gasteiger partial charge in [0.2, 0.25) is 5.91 Å². The highest BCUT2D eigenvalue weighted by Crippen LogP contribution is 2.24. The van der Waals surface area contributed by atoms with Crippen molar-refractivity contribution in [3.8, 4) is 0 Å². The van der Waals surface area contributed by atoms with Gasteiger partial charge in [0.15, 0.2) is 0 Å². The van der Waals surface area contributed by atoms with Crippen molar-refractivity contribution in [1.29, 1.82) is 0 Å². The van der Waals surface area contributed by atoms with Gasteiger partial charge in [-0.25, -0.2) is 0 Å². The monoisotopic (exact) mass is 332 g/mol. The molecular weight excluding hydrogens is 316 g/mol. The molecule has 0 radical (unpaired) electrons. The Morgan fingerprint density at radius 3 is 2.35 bits per heavy atom. The molecule has 0 aliphatic heterocycles. The van der Waals surface area contributed by atoms with E-state index >= 15 is 0 Å². The van der Waals surface area contributed by atoms with Gasteiger partial charge in [0.05, 0.1) is 11.6 Å². The summed E-state index contributed by atoms with van der Waals surface area (Å²) in [5, 5.41) is 2.89. The van der Waals surface area contributed by atoms with Crippen LogP contribution in [0.2, 0.25) is 0 Å². The van der Waals surface area contributed by atoms with Gasteiger partial charge in [0, 0.05) is 10.5 Å². The lowest BCUT2D eigenvalue weighted by Gasteiger charge is -2.20. The second-order valence-electron chi connectivity index (χ2n) is 4.69. The van der Waals surface area contributed by atoms with Gasteiger partial charge in [-0.3, -0.25) is 4.79 Å². The maximum atomic E-state index is 12.3. The molecule has 2 unspecified atom stereocenters. The molecular formula is C16H17BrN2O. The molecule has 2 aromatic rings. The Bertz CT molecular complexity index is 586. The number of nitrogens with two attached hydrogens (primary N) is 1. The molecule has 20 heavy (non-hydrogen) atoms. The third kappa shape index (κ3) is 3.46. The van der Waals surface area contributed by atoms with Crippen LogP contribution in [0.15, 0.2) is 59.1 Å². The Morgan fingerprint density at radius 1 is 1.10 bits per heavy atom. The number of para-hydroxylation sites is 1. The lowest BCUT2D eigenvalue weighted by atomic mass is 9.94. The highest BCUT2D eigenvalue weighted by molar-refractivity contribution is 9.10. The molecule has 2 rings (SSSR count). The van der Waals surface area contributed by atoms with Gasteiger partial charge in [-0.05, 0) is 33.6 Å². The standard InChI is InChI=1S/C16H17BrN2O/c1-11(15(18)12-7-3-2-4-8-12)16(20)19-14-10-6-5-9-13(14)17/h2-11,15H,18H2,1H3,(H,19,20). The smallest absolute Gasteiger partial charge is 0.229 e. The van der Waals surface area contributed by atoms with Crippen molar-refractivity contribution in [3.63, 3.8) is 0 Å². The van der Waals surface area contributed by atoms with Crippen molar-refractivity contribution in [1.82, 2.24) is 0 Å². The molecule has 2 atom stereocenters. The molecule has 3 nitrogen and oxygen atoms in total. The van der Waals surface area contributed by atoms with Crippen molar-refractivity contribution >= 4 is 27.5 Å². The van der Waals surface area contributed by atoms with E-state index in [0.717, 1.165) is 15.7 Å². The number of anilines is 1. The van der Waals surface area contributed by atoms with E-state index in [0.29, 0.717) is 0 Å². The summed E-state index contributed by atoms with van der Waals surface area (Å²) in [4.78, 5) is 12.3. The van der Waals surface area contributed by atoms with Crippen LogP contribution < -0.4 is 11.1 Å². The molecule has 104 valence electrons. The van der Waals surface area contributed by atoms with Crippen LogP contribution in [0.5, 0.6) is 0 Å². The largest absolute Gasteiger partial charge is 0.325 e. The summed E-state index contributed by atoms with van der Waals surface area (Å²) in [6.07, 6.45) is 0.